The van der Waals surface area contributed by atoms with E-state index in [4.69, 9.17) is 0 Å². The van der Waals surface area contributed by atoms with Crippen LogP contribution in [-0.4, -0.2) is 31.7 Å². The molecule has 0 spiro atoms. The van der Waals surface area contributed by atoms with Crippen LogP contribution >= 0.6 is 11.3 Å². The van der Waals surface area contributed by atoms with Gasteiger partial charge in [-0.1, -0.05) is 0 Å². The van der Waals surface area contributed by atoms with Crippen LogP contribution in [0.25, 0.3) is 0 Å². The van der Waals surface area contributed by atoms with Crippen LogP contribution in [0, 0.1) is 5.92 Å². The summed E-state index contributed by atoms with van der Waals surface area (Å²) in [6, 6.07) is 0. The van der Waals surface area contributed by atoms with Gasteiger partial charge in [0.1, 0.15) is 0 Å². The highest BCUT2D eigenvalue weighted by molar-refractivity contribution is 7.13. The summed E-state index contributed by atoms with van der Waals surface area (Å²) in [6.07, 6.45) is 5.86. The maximum Gasteiger partial charge on any atom is 0.184 e. The van der Waals surface area contributed by atoms with Crippen molar-refractivity contribution in [3.05, 3.63) is 11.6 Å². The minimum atomic E-state index is 0.911. The zero-order valence-electron chi connectivity index (χ0n) is 9.28. The lowest BCUT2D eigenvalue weighted by molar-refractivity contribution is 0.356. The predicted molar refractivity (Wildman–Crippen MR) is 65.6 cm³/mol. The molecule has 0 aromatic carbocycles. The third kappa shape index (κ3) is 3.18. The first kappa shape index (κ1) is 10.9. The lowest BCUT2D eigenvalue weighted by Crippen LogP contribution is -2.30. The zero-order valence-corrected chi connectivity index (χ0v) is 10.1. The van der Waals surface area contributed by atoms with E-state index in [0.29, 0.717) is 0 Å². The van der Waals surface area contributed by atoms with Crippen molar-refractivity contribution in [2.24, 2.45) is 5.92 Å². The van der Waals surface area contributed by atoms with Gasteiger partial charge in [0.2, 0.25) is 0 Å². The molecule has 2 heterocycles. The quantitative estimate of drug-likeness (QED) is 0.849. The number of nitrogens with one attached hydrogen (secondary N) is 1. The monoisotopic (exact) mass is 225 g/mol. The minimum Gasteiger partial charge on any atom is -0.351 e. The number of rotatable bonds is 4. The SMILES string of the molecule is CN(CCC1CCNCC1)c1nccs1. The first-order chi connectivity index (χ1) is 7.36. The summed E-state index contributed by atoms with van der Waals surface area (Å²) in [5, 5.41) is 6.59. The molecule has 2 rings (SSSR count). The third-order valence-electron chi connectivity index (χ3n) is 3.08. The Morgan fingerprint density at radius 1 is 1.53 bits per heavy atom. The topological polar surface area (TPSA) is 28.2 Å². The first-order valence-electron chi connectivity index (χ1n) is 5.67. The van der Waals surface area contributed by atoms with Crippen LogP contribution in [0.2, 0.25) is 0 Å². The highest BCUT2D eigenvalue weighted by Gasteiger charge is 2.13. The van der Waals surface area contributed by atoms with Gasteiger partial charge in [-0.3, -0.25) is 0 Å². The van der Waals surface area contributed by atoms with Crippen LogP contribution < -0.4 is 10.2 Å². The van der Waals surface area contributed by atoms with E-state index >= 15 is 0 Å². The van der Waals surface area contributed by atoms with Crippen molar-refractivity contribution in [1.29, 1.82) is 0 Å². The van der Waals surface area contributed by atoms with Gasteiger partial charge in [-0.05, 0) is 38.3 Å². The number of aromatic nitrogens is 1. The van der Waals surface area contributed by atoms with Crippen LogP contribution in [0.5, 0.6) is 0 Å². The number of hydrogen-bond acceptors (Lipinski definition) is 4. The summed E-state index contributed by atoms with van der Waals surface area (Å²) >= 11 is 1.72. The van der Waals surface area contributed by atoms with Gasteiger partial charge in [0, 0.05) is 25.2 Å². The molecule has 0 saturated carbocycles. The van der Waals surface area contributed by atoms with E-state index in [1.165, 1.54) is 32.4 Å². The van der Waals surface area contributed by atoms with Crippen molar-refractivity contribution < 1.29 is 0 Å². The van der Waals surface area contributed by atoms with Gasteiger partial charge in [0.05, 0.1) is 0 Å². The van der Waals surface area contributed by atoms with Gasteiger partial charge in [-0.25, -0.2) is 4.98 Å². The average molecular weight is 225 g/mol. The van der Waals surface area contributed by atoms with Crippen LogP contribution in [-0.2, 0) is 0 Å². The molecule has 0 atom stereocenters. The van der Waals surface area contributed by atoms with Crippen LogP contribution in [0.4, 0.5) is 5.13 Å². The molecule has 3 nitrogen and oxygen atoms in total. The van der Waals surface area contributed by atoms with Crippen molar-refractivity contribution in [3.8, 4) is 0 Å². The Morgan fingerprint density at radius 3 is 3.00 bits per heavy atom. The Hall–Kier alpha value is -0.610. The molecule has 0 aliphatic carbocycles. The number of nitrogens with zero attached hydrogens (tertiary/aromatic N) is 2. The van der Waals surface area contributed by atoms with E-state index in [-0.39, 0.29) is 0 Å². The molecule has 1 aromatic heterocycles. The fourth-order valence-electron chi connectivity index (χ4n) is 2.05. The molecule has 84 valence electrons. The molecule has 1 fully saturated rings. The number of hydrogen-bond donors (Lipinski definition) is 1. The summed E-state index contributed by atoms with van der Waals surface area (Å²) in [7, 11) is 2.14. The lowest BCUT2D eigenvalue weighted by atomic mass is 9.95. The van der Waals surface area contributed by atoms with E-state index < -0.39 is 0 Å². The molecule has 1 aliphatic rings. The van der Waals surface area contributed by atoms with Gasteiger partial charge in [0.15, 0.2) is 5.13 Å². The van der Waals surface area contributed by atoms with Crippen LogP contribution in [0.1, 0.15) is 19.3 Å². The standard InChI is InChI=1S/C11H19N3S/c1-14(11-13-7-9-15-11)8-4-10-2-5-12-6-3-10/h7,9-10,12H,2-6,8H2,1H3. The highest BCUT2D eigenvalue weighted by Crippen LogP contribution is 2.20. The van der Waals surface area contributed by atoms with Crippen molar-refractivity contribution in [1.82, 2.24) is 10.3 Å². The molecule has 0 radical (unpaired) electrons. The second-order valence-corrected chi connectivity index (χ2v) is 5.09. The van der Waals surface area contributed by atoms with E-state index in [9.17, 15) is 0 Å². The Kier molecular flexibility index (Phi) is 3.97. The van der Waals surface area contributed by atoms with Gasteiger partial charge in [-0.2, -0.15) is 0 Å². The van der Waals surface area contributed by atoms with Crippen LogP contribution in [0.15, 0.2) is 11.6 Å². The molecule has 0 bridgehead atoms. The molecule has 1 aliphatic heterocycles. The number of anilines is 1. The average Bonchev–Trinajstić information content (AvgIpc) is 2.81. The molecular weight excluding hydrogens is 206 g/mol. The molecule has 1 N–H and O–H groups in total. The highest BCUT2D eigenvalue weighted by atomic mass is 32.1. The van der Waals surface area contributed by atoms with E-state index in [2.05, 4.69) is 22.2 Å². The van der Waals surface area contributed by atoms with Crippen molar-refractivity contribution >= 4 is 16.5 Å². The second-order valence-electron chi connectivity index (χ2n) is 4.22. The number of thiazole rings is 1. The maximum absolute atomic E-state index is 4.31. The fourth-order valence-corrected chi connectivity index (χ4v) is 2.68. The Labute approximate surface area is 95.5 Å². The summed E-state index contributed by atoms with van der Waals surface area (Å²) in [5.41, 5.74) is 0. The number of piperidine rings is 1. The maximum atomic E-state index is 4.31. The van der Waals surface area contributed by atoms with Gasteiger partial charge >= 0.3 is 0 Å². The van der Waals surface area contributed by atoms with E-state index in [1.807, 2.05) is 11.6 Å². The Morgan fingerprint density at radius 2 is 2.33 bits per heavy atom. The van der Waals surface area contributed by atoms with Crippen molar-refractivity contribution in [3.63, 3.8) is 0 Å². The molecule has 1 aromatic rings. The van der Waals surface area contributed by atoms with Crippen LogP contribution in [0.3, 0.4) is 0 Å². The van der Waals surface area contributed by atoms with Gasteiger partial charge in [0.25, 0.3) is 0 Å². The molecule has 0 amide bonds. The van der Waals surface area contributed by atoms with E-state index in [1.54, 1.807) is 11.3 Å². The normalized spacial score (nSPS) is 17.9. The van der Waals surface area contributed by atoms with Crippen molar-refractivity contribution in [2.45, 2.75) is 19.3 Å². The fraction of sp³-hybridized carbons (Fsp3) is 0.727. The summed E-state index contributed by atoms with van der Waals surface area (Å²) in [5.74, 6) is 0.911. The molecule has 0 unspecified atom stereocenters. The van der Waals surface area contributed by atoms with E-state index in [0.717, 1.165) is 17.6 Å². The largest absolute Gasteiger partial charge is 0.351 e. The van der Waals surface area contributed by atoms with Gasteiger partial charge in [-0.15, -0.1) is 11.3 Å². The summed E-state index contributed by atoms with van der Waals surface area (Å²) < 4.78 is 0. The zero-order chi connectivity index (χ0) is 10.5. The smallest absolute Gasteiger partial charge is 0.184 e. The Balaban J connectivity index is 1.73. The van der Waals surface area contributed by atoms with Crippen molar-refractivity contribution in [2.75, 3.05) is 31.6 Å². The molecular formula is C11H19N3S. The summed E-state index contributed by atoms with van der Waals surface area (Å²) in [4.78, 5) is 6.58. The molecule has 15 heavy (non-hydrogen) atoms. The summed E-state index contributed by atoms with van der Waals surface area (Å²) in [6.45, 7) is 3.54. The third-order valence-corrected chi connectivity index (χ3v) is 3.96. The first-order valence-corrected chi connectivity index (χ1v) is 6.55. The Bertz CT molecular complexity index is 267. The van der Waals surface area contributed by atoms with Gasteiger partial charge < -0.3 is 10.2 Å². The lowest BCUT2D eigenvalue weighted by Gasteiger charge is -2.25. The predicted octanol–water partition coefficient (Wildman–Crippen LogP) is 1.97. The molecule has 1 saturated heterocycles. The molecule has 4 heteroatoms. The second kappa shape index (κ2) is 5.47. The minimum absolute atomic E-state index is 0.911.